The van der Waals surface area contributed by atoms with Crippen molar-refractivity contribution in [2.75, 3.05) is 31.8 Å². The summed E-state index contributed by atoms with van der Waals surface area (Å²) in [4.78, 5) is 4.57. The van der Waals surface area contributed by atoms with Crippen molar-refractivity contribution in [3.8, 4) is 0 Å². The molecule has 1 aliphatic rings. The smallest absolute Gasteiger partial charge is 0.214 e. The van der Waals surface area contributed by atoms with Crippen LogP contribution in [0.1, 0.15) is 19.3 Å². The van der Waals surface area contributed by atoms with Crippen molar-refractivity contribution in [1.82, 2.24) is 9.29 Å². The quantitative estimate of drug-likeness (QED) is 0.515. The molecule has 0 N–H and O–H groups in total. The highest BCUT2D eigenvalue weighted by Gasteiger charge is 2.33. The lowest BCUT2D eigenvalue weighted by Gasteiger charge is -2.23. The van der Waals surface area contributed by atoms with Gasteiger partial charge in [0.25, 0.3) is 0 Å². The van der Waals surface area contributed by atoms with E-state index in [1.54, 1.807) is 34.5 Å². The molecule has 2 aromatic rings. The van der Waals surface area contributed by atoms with Gasteiger partial charge in [0.2, 0.25) is 10.0 Å². The van der Waals surface area contributed by atoms with Gasteiger partial charge in [-0.05, 0) is 31.4 Å². The molecule has 1 aromatic carbocycles. The zero-order valence-electron chi connectivity index (χ0n) is 13.7. The van der Waals surface area contributed by atoms with Crippen molar-refractivity contribution in [2.45, 2.75) is 29.6 Å². The Bertz CT molecular complexity index is 743. The van der Waals surface area contributed by atoms with Crippen LogP contribution < -0.4 is 0 Å². The van der Waals surface area contributed by atoms with E-state index >= 15 is 0 Å². The second kappa shape index (κ2) is 8.14. The molecule has 132 valence electrons. The number of hydrogen-bond acceptors (Lipinski definition) is 6. The minimum Gasteiger partial charge on any atom is -0.383 e. The topological polar surface area (TPSA) is 59.5 Å². The Labute approximate surface area is 151 Å². The van der Waals surface area contributed by atoms with Gasteiger partial charge in [0.05, 0.1) is 22.6 Å². The Kier molecular flexibility index (Phi) is 6.15. The first-order valence-electron chi connectivity index (χ1n) is 8.07. The summed E-state index contributed by atoms with van der Waals surface area (Å²) in [6.07, 6.45) is 2.46. The number of ether oxygens (including phenoxy) is 1. The van der Waals surface area contributed by atoms with Crippen LogP contribution in [0, 0.1) is 0 Å². The molecule has 3 rings (SSSR count). The van der Waals surface area contributed by atoms with E-state index in [9.17, 15) is 8.42 Å². The van der Waals surface area contributed by atoms with Crippen LogP contribution in [0.5, 0.6) is 0 Å². The van der Waals surface area contributed by atoms with Crippen molar-refractivity contribution in [2.24, 2.45) is 0 Å². The fourth-order valence-corrected chi connectivity index (χ4v) is 7.00. The third-order valence-electron chi connectivity index (χ3n) is 4.09. The summed E-state index contributed by atoms with van der Waals surface area (Å²) in [6, 6.07) is 8.06. The standard InChI is InChI=1S/C16H22N2O3S3/c1-21-12-13-6-4-9-18(13)24(19,20)11-5-10-22-16-17-14-7-2-3-8-15(14)23-16/h2-3,7-8,13H,4-6,9-12H2,1H3/t13-/m0/s1. The number of sulfonamides is 1. The number of methoxy groups -OCH3 is 1. The van der Waals surface area contributed by atoms with Gasteiger partial charge in [-0.1, -0.05) is 23.9 Å². The molecule has 0 bridgehead atoms. The Morgan fingerprint density at radius 3 is 3.04 bits per heavy atom. The van der Waals surface area contributed by atoms with Crippen LogP contribution in [-0.4, -0.2) is 55.5 Å². The SMILES string of the molecule is COC[C@@H]1CCCN1S(=O)(=O)CCCSc1nc2ccccc2s1. The minimum absolute atomic E-state index is 0.0110. The molecule has 2 heterocycles. The van der Waals surface area contributed by atoms with E-state index in [0.29, 0.717) is 19.6 Å². The Hall–Kier alpha value is -0.670. The maximum absolute atomic E-state index is 12.5. The lowest BCUT2D eigenvalue weighted by molar-refractivity contribution is 0.149. The Morgan fingerprint density at radius 1 is 1.42 bits per heavy atom. The lowest BCUT2D eigenvalue weighted by atomic mass is 10.2. The largest absolute Gasteiger partial charge is 0.383 e. The van der Waals surface area contributed by atoms with Crippen LogP contribution in [0.15, 0.2) is 28.6 Å². The highest BCUT2D eigenvalue weighted by Crippen LogP contribution is 2.30. The molecule has 8 heteroatoms. The Balaban J connectivity index is 1.50. The molecule has 0 radical (unpaired) electrons. The molecule has 1 aliphatic heterocycles. The number of benzene rings is 1. The second-order valence-electron chi connectivity index (χ2n) is 5.83. The van der Waals surface area contributed by atoms with Crippen molar-refractivity contribution in [3.05, 3.63) is 24.3 Å². The maximum Gasteiger partial charge on any atom is 0.214 e. The van der Waals surface area contributed by atoms with Crippen LogP contribution in [0.2, 0.25) is 0 Å². The van der Waals surface area contributed by atoms with E-state index in [0.717, 1.165) is 28.5 Å². The number of thiazole rings is 1. The predicted octanol–water partition coefficient (Wildman–Crippen LogP) is 3.22. The zero-order chi connectivity index (χ0) is 17.0. The van der Waals surface area contributed by atoms with Crippen LogP contribution in [0.3, 0.4) is 0 Å². The molecule has 0 spiro atoms. The summed E-state index contributed by atoms with van der Waals surface area (Å²) in [5.74, 6) is 0.965. The molecule has 0 amide bonds. The molecular weight excluding hydrogens is 364 g/mol. The third kappa shape index (κ3) is 4.29. The van der Waals surface area contributed by atoms with E-state index in [4.69, 9.17) is 4.74 Å². The van der Waals surface area contributed by atoms with E-state index in [1.807, 2.05) is 18.2 Å². The minimum atomic E-state index is -3.19. The molecule has 5 nitrogen and oxygen atoms in total. The molecule has 1 fully saturated rings. The van der Waals surface area contributed by atoms with Crippen molar-refractivity contribution >= 4 is 43.3 Å². The summed E-state index contributed by atoms with van der Waals surface area (Å²) < 4.78 is 34.0. The summed E-state index contributed by atoms with van der Waals surface area (Å²) in [5.41, 5.74) is 1.01. The molecule has 1 saturated heterocycles. The highest BCUT2D eigenvalue weighted by molar-refractivity contribution is 8.01. The van der Waals surface area contributed by atoms with Crippen molar-refractivity contribution in [3.63, 3.8) is 0 Å². The van der Waals surface area contributed by atoms with Gasteiger partial charge in [0.15, 0.2) is 4.34 Å². The van der Waals surface area contributed by atoms with Gasteiger partial charge in [0, 0.05) is 25.4 Å². The number of hydrogen-bond donors (Lipinski definition) is 0. The van der Waals surface area contributed by atoms with Gasteiger partial charge in [-0.15, -0.1) is 11.3 Å². The molecule has 1 atom stereocenters. The first-order valence-corrected chi connectivity index (χ1v) is 11.5. The zero-order valence-corrected chi connectivity index (χ0v) is 16.1. The molecule has 0 saturated carbocycles. The number of thioether (sulfide) groups is 1. The van der Waals surface area contributed by atoms with Gasteiger partial charge in [-0.2, -0.15) is 4.31 Å². The molecule has 1 aromatic heterocycles. The number of fused-ring (bicyclic) bond motifs is 1. The average molecular weight is 387 g/mol. The fraction of sp³-hybridized carbons (Fsp3) is 0.562. The van der Waals surface area contributed by atoms with E-state index in [-0.39, 0.29) is 11.8 Å². The summed E-state index contributed by atoms with van der Waals surface area (Å²) >= 11 is 3.30. The predicted molar refractivity (Wildman–Crippen MR) is 100 cm³/mol. The number of para-hydroxylation sites is 1. The van der Waals surface area contributed by atoms with Crippen molar-refractivity contribution < 1.29 is 13.2 Å². The first-order chi connectivity index (χ1) is 11.6. The van der Waals surface area contributed by atoms with Crippen LogP contribution in [0.4, 0.5) is 0 Å². The van der Waals surface area contributed by atoms with E-state index in [1.165, 1.54) is 4.70 Å². The van der Waals surface area contributed by atoms with Gasteiger partial charge in [-0.3, -0.25) is 0 Å². The highest BCUT2D eigenvalue weighted by atomic mass is 32.2. The fourth-order valence-electron chi connectivity index (χ4n) is 2.97. The van der Waals surface area contributed by atoms with Crippen LogP contribution in [-0.2, 0) is 14.8 Å². The summed E-state index contributed by atoms with van der Waals surface area (Å²) in [6.45, 7) is 1.11. The molecule has 24 heavy (non-hydrogen) atoms. The number of nitrogens with zero attached hydrogens (tertiary/aromatic N) is 2. The molecular formula is C16H22N2O3S3. The summed E-state index contributed by atoms with van der Waals surface area (Å²) in [5, 5.41) is 0. The Morgan fingerprint density at radius 2 is 2.25 bits per heavy atom. The molecule has 0 aliphatic carbocycles. The summed E-state index contributed by atoms with van der Waals surface area (Å²) in [7, 11) is -1.56. The second-order valence-corrected chi connectivity index (χ2v) is 10.2. The third-order valence-corrected chi connectivity index (χ3v) is 8.35. The average Bonchev–Trinajstić information content (AvgIpc) is 3.18. The first kappa shape index (κ1) is 18.1. The maximum atomic E-state index is 12.5. The number of rotatable bonds is 8. The monoisotopic (exact) mass is 386 g/mol. The van der Waals surface area contributed by atoms with Gasteiger partial charge in [-0.25, -0.2) is 13.4 Å². The van der Waals surface area contributed by atoms with E-state index in [2.05, 4.69) is 11.1 Å². The van der Waals surface area contributed by atoms with Crippen LogP contribution >= 0.6 is 23.1 Å². The van der Waals surface area contributed by atoms with Gasteiger partial charge >= 0.3 is 0 Å². The normalized spacial score (nSPS) is 19.3. The van der Waals surface area contributed by atoms with E-state index < -0.39 is 10.0 Å². The molecule has 0 unspecified atom stereocenters. The van der Waals surface area contributed by atoms with Gasteiger partial charge < -0.3 is 4.74 Å². The van der Waals surface area contributed by atoms with Crippen molar-refractivity contribution in [1.29, 1.82) is 0 Å². The van der Waals surface area contributed by atoms with Gasteiger partial charge in [0.1, 0.15) is 0 Å². The van der Waals surface area contributed by atoms with Crippen LogP contribution in [0.25, 0.3) is 10.2 Å². The lowest BCUT2D eigenvalue weighted by Crippen LogP contribution is -2.39. The number of aromatic nitrogens is 1.